The Balaban J connectivity index is 1.92. The first-order valence-electron chi connectivity index (χ1n) is 6.17. The summed E-state index contributed by atoms with van der Waals surface area (Å²) in [6.07, 6.45) is 7.34. The van der Waals surface area contributed by atoms with E-state index in [2.05, 4.69) is 12.1 Å². The Morgan fingerprint density at radius 3 is 1.88 bits per heavy atom. The van der Waals surface area contributed by atoms with Crippen molar-refractivity contribution in [2.45, 2.75) is 49.5 Å². The number of hydrogen-bond donors (Lipinski definition) is 1. The van der Waals surface area contributed by atoms with Gasteiger partial charge in [0.2, 0.25) is 0 Å². The van der Waals surface area contributed by atoms with Gasteiger partial charge in [-0.2, -0.15) is 0 Å². The number of halogens is 1. The van der Waals surface area contributed by atoms with Gasteiger partial charge in [0.05, 0.1) is 0 Å². The van der Waals surface area contributed by atoms with E-state index in [-0.39, 0.29) is 5.54 Å². The standard InChI is InChI=1S/C14H18ClN/c15-12-3-1-11(2-4-12)13-5-8-14(16,9-6-13)10-7-13/h1-4H,5-10,16H2. The van der Waals surface area contributed by atoms with E-state index in [0.29, 0.717) is 5.41 Å². The van der Waals surface area contributed by atoms with Crippen LogP contribution in [0, 0.1) is 0 Å². The van der Waals surface area contributed by atoms with Gasteiger partial charge in [0.15, 0.2) is 0 Å². The lowest BCUT2D eigenvalue weighted by Gasteiger charge is -2.52. The average Bonchev–Trinajstić information content (AvgIpc) is 2.31. The zero-order valence-electron chi connectivity index (χ0n) is 9.51. The summed E-state index contributed by atoms with van der Waals surface area (Å²) in [5, 5.41) is 0.833. The topological polar surface area (TPSA) is 26.0 Å². The van der Waals surface area contributed by atoms with Crippen molar-refractivity contribution in [3.05, 3.63) is 34.9 Å². The molecule has 2 heteroatoms. The summed E-state index contributed by atoms with van der Waals surface area (Å²) in [6, 6.07) is 8.45. The number of hydrogen-bond acceptors (Lipinski definition) is 1. The Hall–Kier alpha value is -0.530. The minimum Gasteiger partial charge on any atom is -0.325 e. The van der Waals surface area contributed by atoms with Crippen molar-refractivity contribution in [1.82, 2.24) is 0 Å². The first kappa shape index (κ1) is 10.6. The molecule has 3 fully saturated rings. The SMILES string of the molecule is NC12CCC(c3ccc(Cl)cc3)(CC1)CC2. The van der Waals surface area contributed by atoms with Crippen LogP contribution in [0.25, 0.3) is 0 Å². The molecule has 0 atom stereocenters. The van der Waals surface area contributed by atoms with Gasteiger partial charge in [-0.1, -0.05) is 23.7 Å². The Morgan fingerprint density at radius 1 is 0.875 bits per heavy atom. The van der Waals surface area contributed by atoms with Gasteiger partial charge in [-0.3, -0.25) is 0 Å². The Kier molecular flexibility index (Phi) is 2.31. The molecule has 1 nitrogen and oxygen atoms in total. The first-order chi connectivity index (χ1) is 7.62. The van der Waals surface area contributed by atoms with Crippen molar-refractivity contribution in [3.8, 4) is 0 Å². The predicted molar refractivity (Wildman–Crippen MR) is 67.8 cm³/mol. The van der Waals surface area contributed by atoms with E-state index in [1.807, 2.05) is 12.1 Å². The van der Waals surface area contributed by atoms with Crippen molar-refractivity contribution in [1.29, 1.82) is 0 Å². The zero-order chi connectivity index (χ0) is 11.2. The Labute approximate surface area is 102 Å². The fourth-order valence-corrected chi connectivity index (χ4v) is 3.58. The molecule has 1 aromatic rings. The molecule has 0 unspecified atom stereocenters. The fraction of sp³-hybridized carbons (Fsp3) is 0.571. The molecule has 2 N–H and O–H groups in total. The number of rotatable bonds is 1. The quantitative estimate of drug-likeness (QED) is 0.790. The van der Waals surface area contributed by atoms with E-state index >= 15 is 0 Å². The van der Waals surface area contributed by atoms with Gasteiger partial charge in [0.25, 0.3) is 0 Å². The van der Waals surface area contributed by atoms with Gasteiger partial charge >= 0.3 is 0 Å². The summed E-state index contributed by atoms with van der Waals surface area (Å²) >= 11 is 5.95. The van der Waals surface area contributed by atoms with Gasteiger partial charge in [-0.25, -0.2) is 0 Å². The third-order valence-corrected chi connectivity index (χ3v) is 5.01. The van der Waals surface area contributed by atoms with Crippen LogP contribution in [-0.2, 0) is 5.41 Å². The molecule has 0 aliphatic heterocycles. The molecule has 2 bridgehead atoms. The lowest BCUT2D eigenvalue weighted by molar-refractivity contribution is 0.107. The molecule has 1 aromatic carbocycles. The largest absolute Gasteiger partial charge is 0.325 e. The highest BCUT2D eigenvalue weighted by atomic mass is 35.5. The molecule has 3 aliphatic carbocycles. The van der Waals surface area contributed by atoms with Crippen LogP contribution in [0.15, 0.2) is 24.3 Å². The molecular weight excluding hydrogens is 218 g/mol. The molecule has 0 amide bonds. The normalized spacial score (nSPS) is 37.6. The molecule has 0 spiro atoms. The minimum atomic E-state index is 0.161. The molecule has 4 rings (SSSR count). The molecule has 0 heterocycles. The van der Waals surface area contributed by atoms with Crippen LogP contribution < -0.4 is 5.73 Å². The van der Waals surface area contributed by atoms with Crippen LogP contribution in [0.3, 0.4) is 0 Å². The molecule has 3 saturated carbocycles. The molecule has 0 radical (unpaired) electrons. The highest BCUT2D eigenvalue weighted by molar-refractivity contribution is 6.30. The van der Waals surface area contributed by atoms with Gasteiger partial charge in [0.1, 0.15) is 0 Å². The van der Waals surface area contributed by atoms with Crippen molar-refractivity contribution in [3.63, 3.8) is 0 Å². The maximum absolute atomic E-state index is 6.34. The highest BCUT2D eigenvalue weighted by Crippen LogP contribution is 2.52. The maximum Gasteiger partial charge on any atom is 0.0406 e. The predicted octanol–water partition coefficient (Wildman–Crippen LogP) is 3.64. The van der Waals surface area contributed by atoms with Crippen LogP contribution in [0.1, 0.15) is 44.1 Å². The molecule has 16 heavy (non-hydrogen) atoms. The number of benzene rings is 1. The smallest absolute Gasteiger partial charge is 0.0406 e. The van der Waals surface area contributed by atoms with Crippen molar-refractivity contribution in [2.75, 3.05) is 0 Å². The second kappa shape index (κ2) is 3.48. The monoisotopic (exact) mass is 235 g/mol. The van der Waals surface area contributed by atoms with Crippen molar-refractivity contribution < 1.29 is 0 Å². The number of nitrogens with two attached hydrogens (primary N) is 1. The van der Waals surface area contributed by atoms with Gasteiger partial charge in [0, 0.05) is 10.6 Å². The van der Waals surface area contributed by atoms with Gasteiger partial charge in [-0.15, -0.1) is 0 Å². The molecule has 3 aliphatic rings. The van der Waals surface area contributed by atoms with E-state index in [1.54, 1.807) is 0 Å². The summed E-state index contributed by atoms with van der Waals surface area (Å²) in [5.74, 6) is 0. The molecule has 0 aromatic heterocycles. The van der Waals surface area contributed by atoms with Gasteiger partial charge in [-0.05, 0) is 61.6 Å². The Morgan fingerprint density at radius 2 is 1.38 bits per heavy atom. The van der Waals surface area contributed by atoms with Crippen LogP contribution in [0.4, 0.5) is 0 Å². The maximum atomic E-state index is 6.34. The first-order valence-corrected chi connectivity index (χ1v) is 6.55. The van der Waals surface area contributed by atoms with Gasteiger partial charge < -0.3 is 5.73 Å². The molecular formula is C14H18ClN. The molecule has 86 valence electrons. The van der Waals surface area contributed by atoms with Crippen molar-refractivity contribution >= 4 is 11.6 Å². The third-order valence-electron chi connectivity index (χ3n) is 4.76. The van der Waals surface area contributed by atoms with E-state index in [9.17, 15) is 0 Å². The second-order valence-corrected chi connectivity index (χ2v) is 6.09. The minimum absolute atomic E-state index is 0.161. The second-order valence-electron chi connectivity index (χ2n) is 5.65. The van der Waals surface area contributed by atoms with Crippen LogP contribution in [0.2, 0.25) is 5.02 Å². The van der Waals surface area contributed by atoms with E-state index in [0.717, 1.165) is 5.02 Å². The summed E-state index contributed by atoms with van der Waals surface area (Å²) in [4.78, 5) is 0. The Bertz CT molecular complexity index is 371. The molecule has 0 saturated heterocycles. The number of fused-ring (bicyclic) bond motifs is 3. The fourth-order valence-electron chi connectivity index (χ4n) is 3.45. The average molecular weight is 236 g/mol. The van der Waals surface area contributed by atoms with Crippen LogP contribution in [-0.4, -0.2) is 5.54 Å². The summed E-state index contributed by atoms with van der Waals surface area (Å²) in [5.41, 5.74) is 8.38. The summed E-state index contributed by atoms with van der Waals surface area (Å²) in [7, 11) is 0. The van der Waals surface area contributed by atoms with E-state index in [4.69, 9.17) is 17.3 Å². The summed E-state index contributed by atoms with van der Waals surface area (Å²) < 4.78 is 0. The third kappa shape index (κ3) is 1.57. The van der Waals surface area contributed by atoms with E-state index < -0.39 is 0 Å². The van der Waals surface area contributed by atoms with Crippen LogP contribution >= 0.6 is 11.6 Å². The zero-order valence-corrected chi connectivity index (χ0v) is 10.3. The highest BCUT2D eigenvalue weighted by Gasteiger charge is 2.47. The lowest BCUT2D eigenvalue weighted by atomic mass is 9.55. The summed E-state index contributed by atoms with van der Waals surface area (Å²) in [6.45, 7) is 0. The van der Waals surface area contributed by atoms with E-state index in [1.165, 1.54) is 44.1 Å². The van der Waals surface area contributed by atoms with Crippen molar-refractivity contribution in [2.24, 2.45) is 5.73 Å². The lowest BCUT2D eigenvalue weighted by Crippen LogP contribution is -2.53. The van der Waals surface area contributed by atoms with Crippen LogP contribution in [0.5, 0.6) is 0 Å².